The third kappa shape index (κ3) is 5.42. The molecular formula is C27H33ClN4O. The van der Waals surface area contributed by atoms with Gasteiger partial charge in [0, 0.05) is 24.2 Å². The zero-order valence-electron chi connectivity index (χ0n) is 19.2. The van der Waals surface area contributed by atoms with Gasteiger partial charge in [0.1, 0.15) is 5.82 Å². The van der Waals surface area contributed by atoms with Crippen LogP contribution in [-0.4, -0.2) is 39.5 Å². The molecule has 1 atom stereocenters. The van der Waals surface area contributed by atoms with Crippen LogP contribution in [0.1, 0.15) is 56.3 Å². The Morgan fingerprint density at radius 2 is 1.76 bits per heavy atom. The van der Waals surface area contributed by atoms with E-state index in [4.69, 9.17) is 16.6 Å². The van der Waals surface area contributed by atoms with Gasteiger partial charge in [-0.2, -0.15) is 0 Å². The Bertz CT molecular complexity index is 1090. The number of fused-ring (bicyclic) bond motifs is 1. The zero-order valence-corrected chi connectivity index (χ0v) is 19.9. The van der Waals surface area contributed by atoms with Crippen molar-refractivity contribution in [2.24, 2.45) is 5.92 Å². The zero-order chi connectivity index (χ0) is 22.6. The summed E-state index contributed by atoms with van der Waals surface area (Å²) in [5, 5.41) is 4.10. The number of para-hydroxylation sites is 2. The summed E-state index contributed by atoms with van der Waals surface area (Å²) in [4.78, 5) is 20.4. The van der Waals surface area contributed by atoms with Crippen molar-refractivity contribution < 1.29 is 4.79 Å². The molecule has 0 unspecified atom stereocenters. The number of nitrogens with zero attached hydrogens (tertiary/aromatic N) is 3. The van der Waals surface area contributed by atoms with Gasteiger partial charge < -0.3 is 9.88 Å². The summed E-state index contributed by atoms with van der Waals surface area (Å²) in [6.07, 6.45) is 8.10. The summed E-state index contributed by atoms with van der Waals surface area (Å²) in [7, 11) is 0. The minimum absolute atomic E-state index is 0.0785. The smallest absolute Gasteiger partial charge is 0.224 e. The lowest BCUT2D eigenvalue weighted by Crippen LogP contribution is -2.46. The molecule has 0 spiro atoms. The van der Waals surface area contributed by atoms with E-state index in [2.05, 4.69) is 45.1 Å². The molecule has 3 aromatic rings. The molecule has 0 bridgehead atoms. The van der Waals surface area contributed by atoms with Gasteiger partial charge in [0.2, 0.25) is 5.91 Å². The molecule has 1 aromatic heterocycles. The number of imidazole rings is 1. The highest BCUT2D eigenvalue weighted by atomic mass is 35.5. The number of benzene rings is 2. The average Bonchev–Trinajstić information content (AvgIpc) is 3.18. The van der Waals surface area contributed by atoms with Crippen LogP contribution < -0.4 is 5.32 Å². The van der Waals surface area contributed by atoms with E-state index in [0.29, 0.717) is 6.04 Å². The molecule has 0 radical (unpaired) electrons. The fourth-order valence-corrected chi connectivity index (χ4v) is 5.50. The molecular weight excluding hydrogens is 432 g/mol. The van der Waals surface area contributed by atoms with E-state index in [1.54, 1.807) is 0 Å². The van der Waals surface area contributed by atoms with E-state index in [-0.39, 0.29) is 11.8 Å². The summed E-state index contributed by atoms with van der Waals surface area (Å²) in [5.41, 5.74) is 3.36. The minimum atomic E-state index is 0.0785. The summed E-state index contributed by atoms with van der Waals surface area (Å²) in [6.45, 7) is 3.34. The first-order chi connectivity index (χ1) is 16.2. The molecule has 1 aliphatic carbocycles. The van der Waals surface area contributed by atoms with Gasteiger partial charge in [0.25, 0.3) is 0 Å². The fraction of sp³-hybridized carbons (Fsp3) is 0.481. The van der Waals surface area contributed by atoms with Crippen LogP contribution in [0.3, 0.4) is 0 Å². The van der Waals surface area contributed by atoms with Gasteiger partial charge >= 0.3 is 0 Å². The molecule has 6 heteroatoms. The Morgan fingerprint density at radius 1 is 0.970 bits per heavy atom. The number of carbonyl (C=O) groups excluding carboxylic acids is 1. The predicted octanol–water partition coefficient (Wildman–Crippen LogP) is 5.40. The molecule has 33 heavy (non-hydrogen) atoms. The quantitative estimate of drug-likeness (QED) is 0.531. The van der Waals surface area contributed by atoms with E-state index in [0.717, 1.165) is 73.7 Å². The van der Waals surface area contributed by atoms with Gasteiger partial charge in [0.05, 0.1) is 23.5 Å². The molecule has 2 heterocycles. The number of carbonyl (C=O) groups is 1. The third-order valence-electron chi connectivity index (χ3n) is 7.18. The van der Waals surface area contributed by atoms with Crippen molar-refractivity contribution in [1.29, 1.82) is 0 Å². The van der Waals surface area contributed by atoms with Crippen LogP contribution in [0.2, 0.25) is 5.02 Å². The third-order valence-corrected chi connectivity index (χ3v) is 7.43. The standard InChI is InChI=1S/C27H33ClN4O/c28-22-14-12-20(13-15-22)17-32-25-11-5-4-10-24(25)30-26(32)19-31-16-6-7-21(18-31)27(33)29-23-8-2-1-3-9-23/h4-5,10-15,21,23H,1-3,6-9,16-19H2,(H,29,33)/t21-/m0/s1. The molecule has 1 N–H and O–H groups in total. The number of rotatable bonds is 6. The van der Waals surface area contributed by atoms with E-state index < -0.39 is 0 Å². The van der Waals surface area contributed by atoms with Crippen LogP contribution in [-0.2, 0) is 17.9 Å². The first kappa shape index (κ1) is 22.4. The maximum Gasteiger partial charge on any atom is 0.224 e. The molecule has 2 aromatic carbocycles. The highest BCUT2D eigenvalue weighted by Crippen LogP contribution is 2.24. The van der Waals surface area contributed by atoms with Crippen molar-refractivity contribution >= 4 is 28.5 Å². The van der Waals surface area contributed by atoms with Crippen LogP contribution in [0.4, 0.5) is 0 Å². The Morgan fingerprint density at radius 3 is 2.58 bits per heavy atom. The van der Waals surface area contributed by atoms with Crippen molar-refractivity contribution in [2.45, 2.75) is 64.1 Å². The van der Waals surface area contributed by atoms with Gasteiger partial charge in [-0.1, -0.05) is 55.1 Å². The molecule has 1 aliphatic heterocycles. The number of nitrogens with one attached hydrogen (secondary N) is 1. The number of likely N-dealkylation sites (tertiary alicyclic amines) is 1. The van der Waals surface area contributed by atoms with Gasteiger partial charge in [-0.05, 0) is 62.1 Å². The summed E-state index contributed by atoms with van der Waals surface area (Å²) >= 11 is 6.09. The molecule has 2 aliphatic rings. The Kier molecular flexibility index (Phi) is 6.98. The van der Waals surface area contributed by atoms with Crippen molar-refractivity contribution in [3.8, 4) is 0 Å². The topological polar surface area (TPSA) is 50.2 Å². The maximum atomic E-state index is 13.0. The Balaban J connectivity index is 1.30. The van der Waals surface area contributed by atoms with Crippen molar-refractivity contribution in [3.63, 3.8) is 0 Å². The SMILES string of the molecule is O=C(NC1CCCCC1)[C@H]1CCCN(Cc2nc3ccccc3n2Cc2ccc(Cl)cc2)C1. The van der Waals surface area contributed by atoms with Crippen LogP contribution in [0.15, 0.2) is 48.5 Å². The minimum Gasteiger partial charge on any atom is -0.353 e. The lowest BCUT2D eigenvalue weighted by Gasteiger charge is -2.33. The highest BCUT2D eigenvalue weighted by molar-refractivity contribution is 6.30. The van der Waals surface area contributed by atoms with Crippen LogP contribution >= 0.6 is 11.6 Å². The number of hydrogen-bond acceptors (Lipinski definition) is 3. The van der Waals surface area contributed by atoms with Crippen LogP contribution in [0.25, 0.3) is 11.0 Å². The summed E-state index contributed by atoms with van der Waals surface area (Å²) in [5.74, 6) is 1.38. The predicted molar refractivity (Wildman–Crippen MR) is 133 cm³/mol. The van der Waals surface area contributed by atoms with E-state index >= 15 is 0 Å². The second-order valence-electron chi connectivity index (χ2n) is 9.65. The van der Waals surface area contributed by atoms with Crippen molar-refractivity contribution in [3.05, 3.63) is 64.9 Å². The molecule has 5 nitrogen and oxygen atoms in total. The lowest BCUT2D eigenvalue weighted by atomic mass is 9.93. The van der Waals surface area contributed by atoms with Crippen molar-refractivity contribution in [1.82, 2.24) is 19.8 Å². The van der Waals surface area contributed by atoms with Gasteiger partial charge in [0.15, 0.2) is 0 Å². The number of halogens is 1. The molecule has 5 rings (SSSR count). The molecule has 1 saturated heterocycles. The van der Waals surface area contributed by atoms with E-state index in [1.165, 1.54) is 24.8 Å². The molecule has 2 fully saturated rings. The number of aromatic nitrogens is 2. The average molecular weight is 465 g/mol. The van der Waals surface area contributed by atoms with Gasteiger partial charge in [-0.15, -0.1) is 0 Å². The second-order valence-corrected chi connectivity index (χ2v) is 10.1. The molecule has 174 valence electrons. The Labute approximate surface area is 201 Å². The monoisotopic (exact) mass is 464 g/mol. The van der Waals surface area contributed by atoms with Crippen LogP contribution in [0, 0.1) is 5.92 Å². The van der Waals surface area contributed by atoms with Crippen LogP contribution in [0.5, 0.6) is 0 Å². The largest absolute Gasteiger partial charge is 0.353 e. The summed E-state index contributed by atoms with van der Waals surface area (Å²) in [6, 6.07) is 16.7. The van der Waals surface area contributed by atoms with Crippen molar-refractivity contribution in [2.75, 3.05) is 13.1 Å². The van der Waals surface area contributed by atoms with E-state index in [9.17, 15) is 4.79 Å². The highest BCUT2D eigenvalue weighted by Gasteiger charge is 2.28. The van der Waals surface area contributed by atoms with Gasteiger partial charge in [-0.3, -0.25) is 9.69 Å². The van der Waals surface area contributed by atoms with Gasteiger partial charge in [-0.25, -0.2) is 4.98 Å². The fourth-order valence-electron chi connectivity index (χ4n) is 5.37. The number of piperidine rings is 1. The number of hydrogen-bond donors (Lipinski definition) is 1. The van der Waals surface area contributed by atoms with E-state index in [1.807, 2.05) is 18.2 Å². The molecule has 1 amide bonds. The number of amides is 1. The second kappa shape index (κ2) is 10.3. The summed E-state index contributed by atoms with van der Waals surface area (Å²) < 4.78 is 2.31. The molecule has 1 saturated carbocycles. The normalized spacial score (nSPS) is 20.2. The maximum absolute atomic E-state index is 13.0. The lowest BCUT2D eigenvalue weighted by molar-refractivity contribution is -0.127. The Hall–Kier alpha value is -2.37. The first-order valence-corrected chi connectivity index (χ1v) is 12.7. The first-order valence-electron chi connectivity index (χ1n) is 12.4.